The van der Waals surface area contributed by atoms with Crippen LogP contribution in [0.25, 0.3) is 0 Å². The molecule has 1 aromatic rings. The fraction of sp³-hybridized carbons (Fsp3) is 0.579. The summed E-state index contributed by atoms with van der Waals surface area (Å²) < 4.78 is 26.5. The molecule has 3 aliphatic rings. The van der Waals surface area contributed by atoms with Crippen molar-refractivity contribution in [3.05, 3.63) is 35.4 Å². The molecule has 0 atom stereocenters. The van der Waals surface area contributed by atoms with Gasteiger partial charge < -0.3 is 15.5 Å². The highest BCUT2D eigenvalue weighted by Gasteiger charge is 2.51. The zero-order valence-electron chi connectivity index (χ0n) is 14.6. The summed E-state index contributed by atoms with van der Waals surface area (Å²) in [5, 5.41) is 0. The molecule has 2 saturated heterocycles. The maximum absolute atomic E-state index is 13.4. The van der Waals surface area contributed by atoms with Crippen molar-refractivity contribution in [3.8, 4) is 0 Å². The minimum absolute atomic E-state index is 0.0343. The summed E-state index contributed by atoms with van der Waals surface area (Å²) in [4.78, 5) is 28.4. The number of nitrogens with two attached hydrogens (primary N) is 1. The first-order valence-electron chi connectivity index (χ1n) is 9.10. The third kappa shape index (κ3) is 3.09. The Hall–Kier alpha value is -2.02. The van der Waals surface area contributed by atoms with Crippen molar-refractivity contribution in [2.75, 3.05) is 19.6 Å². The van der Waals surface area contributed by atoms with Crippen LogP contribution >= 0.6 is 0 Å². The summed E-state index contributed by atoms with van der Waals surface area (Å²) >= 11 is 0. The van der Waals surface area contributed by atoms with Gasteiger partial charge >= 0.3 is 0 Å². The molecule has 0 bridgehead atoms. The van der Waals surface area contributed by atoms with E-state index in [4.69, 9.17) is 5.73 Å². The van der Waals surface area contributed by atoms with Crippen molar-refractivity contribution in [1.82, 2.24) is 9.80 Å². The predicted octanol–water partition coefficient (Wildman–Crippen LogP) is 1.80. The van der Waals surface area contributed by atoms with Gasteiger partial charge in [0.2, 0.25) is 11.8 Å². The maximum atomic E-state index is 13.4. The quantitative estimate of drug-likeness (QED) is 0.891. The number of hydrogen-bond acceptors (Lipinski definition) is 3. The minimum atomic E-state index is -0.897. The van der Waals surface area contributed by atoms with E-state index < -0.39 is 17.2 Å². The number of benzene rings is 1. The lowest BCUT2D eigenvalue weighted by atomic mass is 9.77. The molecule has 0 aromatic heterocycles. The van der Waals surface area contributed by atoms with Gasteiger partial charge in [0, 0.05) is 38.0 Å². The van der Waals surface area contributed by atoms with Gasteiger partial charge in [0.05, 0.1) is 5.54 Å². The summed E-state index contributed by atoms with van der Waals surface area (Å²) in [6.45, 7) is 2.14. The molecule has 1 aliphatic carbocycles. The Kier molecular flexibility index (Phi) is 4.02. The molecule has 1 spiro atoms. The highest BCUT2D eigenvalue weighted by molar-refractivity contribution is 5.89. The lowest BCUT2D eigenvalue weighted by molar-refractivity contribution is -0.135. The lowest BCUT2D eigenvalue weighted by Gasteiger charge is -2.39. The van der Waals surface area contributed by atoms with Gasteiger partial charge in [-0.1, -0.05) is 6.07 Å². The highest BCUT2D eigenvalue weighted by Crippen LogP contribution is 2.43. The van der Waals surface area contributed by atoms with Crippen molar-refractivity contribution >= 4 is 11.8 Å². The molecule has 0 radical (unpaired) electrons. The standard InChI is InChI=1S/C19H23F2N3O2/c20-14-2-1-13(9-15(14)21)11-24-12-18(10-16(24)25)5-7-23(8-6-18)17(26)19(22)3-4-19/h1-2,9H,3-8,10-12,22H2. The molecule has 2 aliphatic heterocycles. The molecular formula is C19H23F2N3O2. The van der Waals surface area contributed by atoms with Crippen molar-refractivity contribution in [2.24, 2.45) is 11.1 Å². The number of nitrogens with zero attached hydrogens (tertiary/aromatic N) is 2. The fourth-order valence-corrected chi connectivity index (χ4v) is 4.17. The third-order valence-corrected chi connectivity index (χ3v) is 6.09. The Balaban J connectivity index is 1.38. The molecule has 2 N–H and O–H groups in total. The molecule has 2 amide bonds. The van der Waals surface area contributed by atoms with Crippen LogP contribution in [0, 0.1) is 17.0 Å². The molecular weight excluding hydrogens is 340 g/mol. The second kappa shape index (κ2) is 6.01. The number of likely N-dealkylation sites (tertiary alicyclic amines) is 2. The van der Waals surface area contributed by atoms with Crippen LogP contribution in [-0.4, -0.2) is 46.8 Å². The average Bonchev–Trinajstić information content (AvgIpc) is 3.29. The summed E-state index contributed by atoms with van der Waals surface area (Å²) in [5.74, 6) is -1.71. The first-order chi connectivity index (χ1) is 12.3. The molecule has 5 nitrogen and oxygen atoms in total. The van der Waals surface area contributed by atoms with Crippen LogP contribution in [0.15, 0.2) is 18.2 Å². The summed E-state index contributed by atoms with van der Waals surface area (Å²) in [6.07, 6.45) is 3.51. The molecule has 3 fully saturated rings. The Bertz CT molecular complexity index is 755. The summed E-state index contributed by atoms with van der Waals surface area (Å²) in [5.41, 5.74) is 5.82. The molecule has 2 heterocycles. The number of carbonyl (C=O) groups excluding carboxylic acids is 2. The summed E-state index contributed by atoms with van der Waals surface area (Å²) in [6, 6.07) is 3.74. The maximum Gasteiger partial charge on any atom is 0.242 e. The van der Waals surface area contributed by atoms with E-state index in [0.717, 1.165) is 37.8 Å². The van der Waals surface area contributed by atoms with Crippen LogP contribution in [0.3, 0.4) is 0 Å². The van der Waals surface area contributed by atoms with Crippen molar-refractivity contribution < 1.29 is 18.4 Å². The van der Waals surface area contributed by atoms with Gasteiger partial charge in [0.1, 0.15) is 0 Å². The van der Waals surface area contributed by atoms with Crippen LogP contribution in [0.1, 0.15) is 37.7 Å². The molecule has 7 heteroatoms. The first-order valence-corrected chi connectivity index (χ1v) is 9.10. The molecule has 0 unspecified atom stereocenters. The van der Waals surface area contributed by atoms with E-state index in [1.165, 1.54) is 6.07 Å². The normalized spacial score (nSPS) is 23.6. The zero-order valence-corrected chi connectivity index (χ0v) is 14.6. The average molecular weight is 363 g/mol. The Morgan fingerprint density at radius 1 is 1.12 bits per heavy atom. The van der Waals surface area contributed by atoms with E-state index in [1.807, 2.05) is 4.90 Å². The van der Waals surface area contributed by atoms with E-state index in [-0.39, 0.29) is 23.8 Å². The first kappa shape index (κ1) is 17.4. The Morgan fingerprint density at radius 2 is 1.81 bits per heavy atom. The summed E-state index contributed by atoms with van der Waals surface area (Å²) in [7, 11) is 0. The SMILES string of the molecule is NC1(C(=O)N2CCC3(CC2)CC(=O)N(Cc2ccc(F)c(F)c2)C3)CC1. The molecule has 1 saturated carbocycles. The van der Waals surface area contributed by atoms with Gasteiger partial charge in [-0.2, -0.15) is 0 Å². The number of rotatable bonds is 3. The number of hydrogen-bond donors (Lipinski definition) is 1. The van der Waals surface area contributed by atoms with Crippen LogP contribution in [0.2, 0.25) is 0 Å². The molecule has 26 heavy (non-hydrogen) atoms. The van der Waals surface area contributed by atoms with E-state index in [0.29, 0.717) is 31.6 Å². The zero-order chi connectivity index (χ0) is 18.5. The van der Waals surface area contributed by atoms with E-state index >= 15 is 0 Å². The van der Waals surface area contributed by atoms with E-state index in [2.05, 4.69) is 0 Å². The smallest absolute Gasteiger partial charge is 0.242 e. The van der Waals surface area contributed by atoms with Gasteiger partial charge in [-0.25, -0.2) is 8.78 Å². The lowest BCUT2D eigenvalue weighted by Crippen LogP contribution is -2.51. The molecule has 1 aromatic carbocycles. The number of carbonyl (C=O) groups is 2. The van der Waals surface area contributed by atoms with Crippen molar-refractivity contribution in [2.45, 2.75) is 44.2 Å². The van der Waals surface area contributed by atoms with Crippen LogP contribution in [-0.2, 0) is 16.1 Å². The van der Waals surface area contributed by atoms with Gasteiger partial charge in [0.25, 0.3) is 0 Å². The van der Waals surface area contributed by atoms with Gasteiger partial charge in [-0.15, -0.1) is 0 Å². The van der Waals surface area contributed by atoms with Gasteiger partial charge in [-0.3, -0.25) is 9.59 Å². The van der Waals surface area contributed by atoms with Gasteiger partial charge in [-0.05, 0) is 43.4 Å². The number of halogens is 2. The third-order valence-electron chi connectivity index (χ3n) is 6.09. The largest absolute Gasteiger partial charge is 0.341 e. The topological polar surface area (TPSA) is 66.6 Å². The Morgan fingerprint density at radius 3 is 2.42 bits per heavy atom. The van der Waals surface area contributed by atoms with Crippen LogP contribution < -0.4 is 5.73 Å². The minimum Gasteiger partial charge on any atom is -0.341 e. The monoisotopic (exact) mass is 363 g/mol. The predicted molar refractivity (Wildman–Crippen MR) is 90.8 cm³/mol. The fourth-order valence-electron chi connectivity index (χ4n) is 4.17. The van der Waals surface area contributed by atoms with Crippen molar-refractivity contribution in [1.29, 1.82) is 0 Å². The molecule has 4 rings (SSSR count). The second-order valence-electron chi connectivity index (χ2n) is 8.12. The van der Waals surface area contributed by atoms with Gasteiger partial charge in [0.15, 0.2) is 11.6 Å². The highest BCUT2D eigenvalue weighted by atomic mass is 19.2. The van der Waals surface area contributed by atoms with Crippen LogP contribution in [0.4, 0.5) is 8.78 Å². The van der Waals surface area contributed by atoms with E-state index in [9.17, 15) is 18.4 Å². The Labute approximate surface area is 151 Å². The number of amides is 2. The molecule has 140 valence electrons. The van der Waals surface area contributed by atoms with E-state index in [1.54, 1.807) is 4.90 Å². The number of piperidine rings is 1. The van der Waals surface area contributed by atoms with Crippen molar-refractivity contribution in [3.63, 3.8) is 0 Å². The van der Waals surface area contributed by atoms with Crippen LogP contribution in [0.5, 0.6) is 0 Å². The second-order valence-corrected chi connectivity index (χ2v) is 8.12.